The van der Waals surface area contributed by atoms with E-state index in [1.165, 1.54) is 0 Å². The molecule has 2 aromatic rings. The maximum Gasteiger partial charge on any atom is 0.0578 e. The van der Waals surface area contributed by atoms with Crippen LogP contribution in [0, 0.1) is 6.92 Å². The summed E-state index contributed by atoms with van der Waals surface area (Å²) in [6, 6.07) is 12.2. The van der Waals surface area contributed by atoms with Crippen molar-refractivity contribution in [1.29, 1.82) is 0 Å². The van der Waals surface area contributed by atoms with Crippen LogP contribution in [0.15, 0.2) is 40.9 Å². The molecule has 1 N–H and O–H groups in total. The molecule has 0 fully saturated rings. The van der Waals surface area contributed by atoms with Gasteiger partial charge in [-0.2, -0.15) is 0 Å². The molecule has 0 heterocycles. The van der Waals surface area contributed by atoms with Crippen molar-refractivity contribution in [2.45, 2.75) is 19.9 Å². The molecule has 4 heteroatoms. The van der Waals surface area contributed by atoms with Crippen LogP contribution in [0.25, 0.3) is 0 Å². The van der Waals surface area contributed by atoms with Gasteiger partial charge in [0.1, 0.15) is 0 Å². The average Bonchev–Trinajstić information content (AvgIpc) is 2.38. The minimum Gasteiger partial charge on any atom is -0.307 e. The first-order chi connectivity index (χ1) is 9.51. The molecular formula is C16H16BrCl2N. The zero-order valence-corrected chi connectivity index (χ0v) is 14.5. The normalized spacial score (nSPS) is 12.4. The molecular weight excluding hydrogens is 357 g/mol. The van der Waals surface area contributed by atoms with Crippen LogP contribution in [0.1, 0.15) is 29.7 Å². The predicted molar refractivity (Wildman–Crippen MR) is 90.9 cm³/mol. The summed E-state index contributed by atoms with van der Waals surface area (Å²) in [5.41, 5.74) is 3.33. The third kappa shape index (κ3) is 3.76. The molecule has 20 heavy (non-hydrogen) atoms. The fourth-order valence-electron chi connectivity index (χ4n) is 2.16. The van der Waals surface area contributed by atoms with Gasteiger partial charge in [-0.25, -0.2) is 0 Å². The lowest BCUT2D eigenvalue weighted by Crippen LogP contribution is -2.22. The average molecular weight is 373 g/mol. The van der Waals surface area contributed by atoms with Crippen molar-refractivity contribution in [2.75, 3.05) is 6.54 Å². The number of nitrogens with one attached hydrogen (secondary N) is 1. The first-order valence-electron chi connectivity index (χ1n) is 6.46. The van der Waals surface area contributed by atoms with Crippen LogP contribution in [0.2, 0.25) is 10.0 Å². The van der Waals surface area contributed by atoms with E-state index in [1.54, 1.807) is 0 Å². The quantitative estimate of drug-likeness (QED) is 0.718. The third-order valence-electron chi connectivity index (χ3n) is 3.16. The van der Waals surface area contributed by atoms with E-state index >= 15 is 0 Å². The summed E-state index contributed by atoms with van der Waals surface area (Å²) in [5, 5.41) is 4.98. The lowest BCUT2D eigenvalue weighted by Gasteiger charge is -2.20. The van der Waals surface area contributed by atoms with Crippen LogP contribution < -0.4 is 5.32 Å². The molecule has 0 saturated carbocycles. The van der Waals surface area contributed by atoms with Crippen LogP contribution in [-0.2, 0) is 0 Å². The summed E-state index contributed by atoms with van der Waals surface area (Å²) in [6.07, 6.45) is 0. The van der Waals surface area contributed by atoms with Crippen molar-refractivity contribution in [3.05, 3.63) is 67.6 Å². The van der Waals surface area contributed by atoms with Gasteiger partial charge in [-0.15, -0.1) is 0 Å². The van der Waals surface area contributed by atoms with Gasteiger partial charge in [0.2, 0.25) is 0 Å². The van der Waals surface area contributed by atoms with E-state index < -0.39 is 0 Å². The van der Waals surface area contributed by atoms with Gasteiger partial charge in [0, 0.05) is 14.5 Å². The minimum absolute atomic E-state index is 0.0769. The van der Waals surface area contributed by atoms with Crippen molar-refractivity contribution in [1.82, 2.24) is 5.32 Å². The van der Waals surface area contributed by atoms with Gasteiger partial charge in [0.25, 0.3) is 0 Å². The van der Waals surface area contributed by atoms with Gasteiger partial charge in [0.15, 0.2) is 0 Å². The van der Waals surface area contributed by atoms with Gasteiger partial charge < -0.3 is 5.32 Å². The number of aryl methyl sites for hydroxylation is 1. The van der Waals surface area contributed by atoms with Crippen molar-refractivity contribution < 1.29 is 0 Å². The van der Waals surface area contributed by atoms with Gasteiger partial charge in [-0.1, -0.05) is 58.2 Å². The number of hydrogen-bond acceptors (Lipinski definition) is 1. The molecule has 0 aliphatic heterocycles. The molecule has 1 unspecified atom stereocenters. The minimum atomic E-state index is 0.0769. The Bertz CT molecular complexity index is 593. The summed E-state index contributed by atoms with van der Waals surface area (Å²) in [7, 11) is 0. The van der Waals surface area contributed by atoms with Crippen LogP contribution in [0.4, 0.5) is 0 Å². The molecule has 1 atom stereocenters. The molecule has 0 aromatic heterocycles. The first kappa shape index (κ1) is 15.8. The van der Waals surface area contributed by atoms with Gasteiger partial charge in [-0.3, -0.25) is 0 Å². The van der Waals surface area contributed by atoms with E-state index in [1.807, 2.05) is 31.2 Å². The van der Waals surface area contributed by atoms with E-state index in [-0.39, 0.29) is 6.04 Å². The smallest absolute Gasteiger partial charge is 0.0578 e. The largest absolute Gasteiger partial charge is 0.307 e. The number of rotatable bonds is 4. The molecule has 106 valence electrons. The SMILES string of the molecule is CCNC(c1cc(Cl)cc(Br)c1)c1ccc(C)c(Cl)c1. The summed E-state index contributed by atoms with van der Waals surface area (Å²) < 4.78 is 0.973. The Kier molecular flexibility index (Phi) is 5.50. The molecule has 0 aliphatic carbocycles. The second-order valence-corrected chi connectivity index (χ2v) is 6.46. The van der Waals surface area contributed by atoms with Crippen molar-refractivity contribution in [2.24, 2.45) is 0 Å². The molecule has 0 spiro atoms. The Morgan fingerprint density at radius 3 is 2.45 bits per heavy atom. The van der Waals surface area contributed by atoms with E-state index in [4.69, 9.17) is 23.2 Å². The molecule has 0 radical (unpaired) electrons. The predicted octanol–water partition coefficient (Wildman–Crippen LogP) is 5.76. The van der Waals surface area contributed by atoms with Gasteiger partial charge in [0.05, 0.1) is 6.04 Å². The summed E-state index contributed by atoms with van der Waals surface area (Å²) in [6.45, 7) is 4.95. The summed E-state index contributed by atoms with van der Waals surface area (Å²) >= 11 is 15.9. The maximum atomic E-state index is 6.24. The molecule has 0 aliphatic rings. The lowest BCUT2D eigenvalue weighted by molar-refractivity contribution is 0.630. The number of hydrogen-bond donors (Lipinski definition) is 1. The Morgan fingerprint density at radius 1 is 1.10 bits per heavy atom. The van der Waals surface area contributed by atoms with E-state index in [0.29, 0.717) is 0 Å². The zero-order chi connectivity index (χ0) is 14.7. The Balaban J connectivity index is 2.46. The monoisotopic (exact) mass is 371 g/mol. The molecule has 2 aromatic carbocycles. The molecule has 0 saturated heterocycles. The fraction of sp³-hybridized carbons (Fsp3) is 0.250. The Hall–Kier alpha value is -0.540. The van der Waals surface area contributed by atoms with Crippen molar-refractivity contribution in [3.63, 3.8) is 0 Å². The van der Waals surface area contributed by atoms with Crippen molar-refractivity contribution in [3.8, 4) is 0 Å². The second-order valence-electron chi connectivity index (χ2n) is 4.70. The van der Waals surface area contributed by atoms with Gasteiger partial charge in [-0.05, 0) is 54.4 Å². The van der Waals surface area contributed by atoms with Crippen LogP contribution in [0.5, 0.6) is 0 Å². The molecule has 2 rings (SSSR count). The lowest BCUT2D eigenvalue weighted by atomic mass is 9.98. The highest BCUT2D eigenvalue weighted by Crippen LogP contribution is 2.30. The highest BCUT2D eigenvalue weighted by atomic mass is 79.9. The standard InChI is InChI=1S/C16H16BrCl2N/c1-3-20-16(11-5-4-10(2)15(19)8-11)12-6-13(17)9-14(18)7-12/h4-9,16,20H,3H2,1-2H3. The summed E-state index contributed by atoms with van der Waals surface area (Å²) in [5.74, 6) is 0. The first-order valence-corrected chi connectivity index (χ1v) is 8.01. The third-order valence-corrected chi connectivity index (χ3v) is 4.24. The number of benzene rings is 2. The molecule has 1 nitrogen and oxygen atoms in total. The highest BCUT2D eigenvalue weighted by molar-refractivity contribution is 9.10. The van der Waals surface area contributed by atoms with E-state index in [2.05, 4.69) is 40.3 Å². The van der Waals surface area contributed by atoms with Crippen LogP contribution in [-0.4, -0.2) is 6.54 Å². The molecule has 0 amide bonds. The summed E-state index contributed by atoms with van der Waals surface area (Å²) in [4.78, 5) is 0. The Morgan fingerprint density at radius 2 is 1.85 bits per heavy atom. The fourth-order valence-corrected chi connectivity index (χ4v) is 3.24. The van der Waals surface area contributed by atoms with Gasteiger partial charge >= 0.3 is 0 Å². The zero-order valence-electron chi connectivity index (χ0n) is 11.4. The number of halogens is 3. The highest BCUT2D eigenvalue weighted by Gasteiger charge is 2.15. The maximum absolute atomic E-state index is 6.24. The van der Waals surface area contributed by atoms with Crippen LogP contribution >= 0.6 is 39.1 Å². The second kappa shape index (κ2) is 6.95. The van der Waals surface area contributed by atoms with E-state index in [9.17, 15) is 0 Å². The van der Waals surface area contributed by atoms with Crippen LogP contribution in [0.3, 0.4) is 0 Å². The Labute approximate surface area is 138 Å². The molecule has 0 bridgehead atoms. The van der Waals surface area contributed by atoms with E-state index in [0.717, 1.165) is 37.8 Å². The topological polar surface area (TPSA) is 12.0 Å². The van der Waals surface area contributed by atoms with Crippen molar-refractivity contribution >= 4 is 39.1 Å².